The molecule has 0 bridgehead atoms. The van der Waals surface area contributed by atoms with Gasteiger partial charge >= 0.3 is 39.5 Å². The number of rotatable bonds is 78. The average Bonchev–Trinajstić information content (AvgIpc) is 0.926. The van der Waals surface area contributed by atoms with Crippen molar-refractivity contribution in [3.05, 3.63) is 0 Å². The van der Waals surface area contributed by atoms with Crippen LogP contribution in [0.25, 0.3) is 0 Å². The van der Waals surface area contributed by atoms with Crippen LogP contribution < -0.4 is 0 Å². The van der Waals surface area contributed by atoms with Gasteiger partial charge in [0.1, 0.15) is 19.3 Å². The second kappa shape index (κ2) is 70.1. The Kier molecular flexibility index (Phi) is 68.7. The molecule has 0 aliphatic heterocycles. The van der Waals surface area contributed by atoms with E-state index in [9.17, 15) is 43.2 Å². The first-order chi connectivity index (χ1) is 48.2. The number of ether oxygens (including phenoxy) is 4. The maximum Gasteiger partial charge on any atom is 0.472 e. The van der Waals surface area contributed by atoms with Crippen LogP contribution in [0.4, 0.5) is 0 Å². The molecule has 0 saturated heterocycles. The van der Waals surface area contributed by atoms with Crippen molar-refractivity contribution >= 4 is 39.5 Å². The second-order valence-corrected chi connectivity index (χ2v) is 33.3. The van der Waals surface area contributed by atoms with E-state index in [1.54, 1.807) is 0 Å². The lowest BCUT2D eigenvalue weighted by Crippen LogP contribution is -2.30. The summed E-state index contributed by atoms with van der Waals surface area (Å²) in [5.41, 5.74) is 0. The molecule has 0 aliphatic rings. The highest BCUT2D eigenvalue weighted by molar-refractivity contribution is 7.47. The van der Waals surface area contributed by atoms with Crippen molar-refractivity contribution in [2.45, 2.75) is 433 Å². The molecule has 0 aliphatic carbocycles. The molecule has 0 spiro atoms. The average molecular weight is 1470 g/mol. The molecule has 594 valence electrons. The zero-order valence-electron chi connectivity index (χ0n) is 65.8. The molecule has 0 heterocycles. The van der Waals surface area contributed by atoms with Crippen molar-refractivity contribution < 1.29 is 80.2 Å². The molecule has 8 atom stereocenters. The van der Waals surface area contributed by atoms with Gasteiger partial charge in [0.15, 0.2) is 12.2 Å². The molecule has 100 heavy (non-hydrogen) atoms. The van der Waals surface area contributed by atoms with Crippen molar-refractivity contribution in [2.24, 2.45) is 23.7 Å². The van der Waals surface area contributed by atoms with Gasteiger partial charge in [0.05, 0.1) is 26.4 Å². The molecule has 0 amide bonds. The van der Waals surface area contributed by atoms with Gasteiger partial charge in [-0.15, -0.1) is 0 Å². The van der Waals surface area contributed by atoms with E-state index in [-0.39, 0.29) is 25.7 Å². The van der Waals surface area contributed by atoms with Gasteiger partial charge in [-0.05, 0) is 49.4 Å². The molecule has 0 fully saturated rings. The summed E-state index contributed by atoms with van der Waals surface area (Å²) in [6.07, 6.45) is 56.9. The third-order valence-electron chi connectivity index (χ3n) is 19.9. The summed E-state index contributed by atoms with van der Waals surface area (Å²) in [6.45, 7) is 14.3. The Labute approximate surface area is 613 Å². The van der Waals surface area contributed by atoms with Gasteiger partial charge < -0.3 is 33.8 Å². The van der Waals surface area contributed by atoms with Crippen molar-refractivity contribution in [2.75, 3.05) is 39.6 Å². The zero-order chi connectivity index (χ0) is 73.8. The Morgan fingerprint density at radius 1 is 0.280 bits per heavy atom. The van der Waals surface area contributed by atoms with Gasteiger partial charge in [-0.25, -0.2) is 9.13 Å². The van der Waals surface area contributed by atoms with Gasteiger partial charge in [0.25, 0.3) is 0 Å². The predicted octanol–water partition coefficient (Wildman–Crippen LogP) is 24.0. The first kappa shape index (κ1) is 98.1. The van der Waals surface area contributed by atoms with E-state index in [1.165, 1.54) is 212 Å². The van der Waals surface area contributed by atoms with Gasteiger partial charge in [-0.1, -0.05) is 364 Å². The van der Waals surface area contributed by atoms with Crippen LogP contribution in [-0.4, -0.2) is 96.7 Å². The van der Waals surface area contributed by atoms with Crippen molar-refractivity contribution in [1.29, 1.82) is 0 Å². The minimum absolute atomic E-state index is 0.105. The predicted molar refractivity (Wildman–Crippen MR) is 409 cm³/mol. The number of carbonyl (C=O) groups excluding carboxylic acids is 4. The molecule has 0 rings (SSSR count). The first-order valence-corrected chi connectivity index (χ1v) is 44.8. The van der Waals surface area contributed by atoms with E-state index in [4.69, 9.17) is 37.0 Å². The maximum absolute atomic E-state index is 13.1. The number of aliphatic hydroxyl groups is 1. The van der Waals surface area contributed by atoms with Crippen LogP contribution in [0.15, 0.2) is 0 Å². The molecule has 0 aromatic carbocycles. The number of hydrogen-bond donors (Lipinski definition) is 3. The van der Waals surface area contributed by atoms with E-state index in [0.717, 1.165) is 120 Å². The van der Waals surface area contributed by atoms with Crippen molar-refractivity contribution in [1.82, 2.24) is 0 Å². The molecule has 5 unspecified atom stereocenters. The topological polar surface area (TPSA) is 237 Å². The van der Waals surface area contributed by atoms with Gasteiger partial charge in [-0.2, -0.15) is 0 Å². The van der Waals surface area contributed by atoms with Crippen LogP contribution in [0, 0.1) is 23.7 Å². The lowest BCUT2D eigenvalue weighted by molar-refractivity contribution is -0.161. The summed E-state index contributed by atoms with van der Waals surface area (Å²) in [7, 11) is -9.92. The summed E-state index contributed by atoms with van der Waals surface area (Å²) in [5, 5.41) is 10.6. The second-order valence-electron chi connectivity index (χ2n) is 30.4. The van der Waals surface area contributed by atoms with Crippen LogP contribution in [0.3, 0.4) is 0 Å². The quantitative estimate of drug-likeness (QED) is 0.0222. The van der Waals surface area contributed by atoms with Gasteiger partial charge in [0, 0.05) is 25.7 Å². The number of carbonyl (C=O) groups is 4. The largest absolute Gasteiger partial charge is 0.472 e. The van der Waals surface area contributed by atoms with Crippen molar-refractivity contribution in [3.8, 4) is 0 Å². The van der Waals surface area contributed by atoms with E-state index in [0.29, 0.717) is 25.7 Å². The molecule has 0 saturated carbocycles. The summed E-state index contributed by atoms with van der Waals surface area (Å²) < 4.78 is 68.7. The first-order valence-electron chi connectivity index (χ1n) is 41.8. The highest BCUT2D eigenvalue weighted by Crippen LogP contribution is 2.45. The fraction of sp³-hybridized carbons (Fsp3) is 0.951. The van der Waals surface area contributed by atoms with Crippen LogP contribution in [0.2, 0.25) is 0 Å². The highest BCUT2D eigenvalue weighted by Gasteiger charge is 2.30. The SMILES string of the molecule is CCC(C)CCCCCCCCCCCCCCCCCCCCC(=O)OC[C@H](COP(=O)(O)OC[C@@H](O)COP(=O)(O)OC[C@@H](COC(=O)CCCCCCCCC(C)CC)OC(=O)CCCCCCCCCCCCCC(C)C)OC(=O)CCCCCCCCCCCCC(C)CC. The Morgan fingerprint density at radius 2 is 0.480 bits per heavy atom. The third-order valence-corrected chi connectivity index (χ3v) is 21.8. The number of esters is 4. The Morgan fingerprint density at radius 3 is 0.710 bits per heavy atom. The number of phosphoric ester groups is 2. The Balaban J connectivity index is 5.20. The van der Waals surface area contributed by atoms with Gasteiger partial charge in [0.2, 0.25) is 0 Å². The minimum atomic E-state index is -4.96. The Bertz CT molecular complexity index is 1960. The van der Waals surface area contributed by atoms with E-state index in [2.05, 4.69) is 55.4 Å². The molecule has 0 radical (unpaired) electrons. The normalized spacial score (nSPS) is 14.8. The lowest BCUT2D eigenvalue weighted by Gasteiger charge is -2.21. The van der Waals surface area contributed by atoms with Crippen LogP contribution in [0.5, 0.6) is 0 Å². The number of unbranched alkanes of at least 4 members (excludes halogenated alkanes) is 41. The maximum atomic E-state index is 13.1. The van der Waals surface area contributed by atoms with Crippen molar-refractivity contribution in [3.63, 3.8) is 0 Å². The molecule has 17 nitrogen and oxygen atoms in total. The van der Waals surface area contributed by atoms with E-state index < -0.39 is 97.5 Å². The smallest absolute Gasteiger partial charge is 0.462 e. The fourth-order valence-corrected chi connectivity index (χ4v) is 13.9. The summed E-state index contributed by atoms with van der Waals surface area (Å²) in [5.74, 6) is 1.06. The Hall–Kier alpha value is -1.94. The summed E-state index contributed by atoms with van der Waals surface area (Å²) in [4.78, 5) is 73.0. The summed E-state index contributed by atoms with van der Waals surface area (Å²) >= 11 is 0. The number of phosphoric acid groups is 2. The van der Waals surface area contributed by atoms with Crippen LogP contribution in [-0.2, 0) is 65.4 Å². The lowest BCUT2D eigenvalue weighted by atomic mass is 9.99. The van der Waals surface area contributed by atoms with Crippen LogP contribution >= 0.6 is 15.6 Å². The molecule has 19 heteroatoms. The standard InChI is InChI=1S/C81H158O17P2/c1-9-72(6)58-50-42-34-28-22-18-16-14-12-13-15-17-19-23-30-36-45-53-61-78(83)91-67-76(97-81(86)64-56-48-38-32-26-25-29-35-43-51-59-73(7)10-2)69-95-99(87,88)93-65-75(82)66-94-100(89,90)96-70-77(68-92-79(84)62-54-46-40-39-44-52-60-74(8)11-3)98-80(85)63-55-47-37-31-24-20-21-27-33-41-49-57-71(4)5/h71-77,82H,9-70H2,1-8H3,(H,87,88)(H,89,90)/t72?,73?,74?,75-,76-,77-/m1/s1. The van der Waals surface area contributed by atoms with E-state index >= 15 is 0 Å². The molecule has 0 aromatic rings. The van der Waals surface area contributed by atoms with Gasteiger partial charge in [-0.3, -0.25) is 37.3 Å². The third kappa shape index (κ3) is 70.4. The molecular weight excluding hydrogens is 1310 g/mol. The van der Waals surface area contributed by atoms with E-state index in [1.807, 2.05) is 0 Å². The molecule has 3 N–H and O–H groups in total. The highest BCUT2D eigenvalue weighted by atomic mass is 31.2. The molecular formula is C81H158O17P2. The number of aliphatic hydroxyl groups excluding tert-OH is 1. The number of hydrogen-bond acceptors (Lipinski definition) is 15. The molecule has 0 aromatic heterocycles. The zero-order valence-corrected chi connectivity index (χ0v) is 67.6. The van der Waals surface area contributed by atoms with Crippen LogP contribution in [0.1, 0.15) is 415 Å². The monoisotopic (exact) mass is 1470 g/mol. The fourth-order valence-electron chi connectivity index (χ4n) is 12.3. The minimum Gasteiger partial charge on any atom is -0.462 e. The summed E-state index contributed by atoms with van der Waals surface area (Å²) in [6, 6.07) is 0.